The summed E-state index contributed by atoms with van der Waals surface area (Å²) >= 11 is 0. The Kier molecular flexibility index (Phi) is 73.1. The van der Waals surface area contributed by atoms with Crippen molar-refractivity contribution in [3.05, 3.63) is 0 Å². The van der Waals surface area contributed by atoms with E-state index in [0.717, 1.165) is 115 Å². The fourth-order valence-corrected chi connectivity index (χ4v) is 14.4. The molecule has 0 amide bonds. The molecule has 0 aromatic rings. The molecule has 0 saturated heterocycles. The molecule has 6 atom stereocenters. The van der Waals surface area contributed by atoms with Gasteiger partial charge in [0, 0.05) is 25.7 Å². The summed E-state index contributed by atoms with van der Waals surface area (Å²) in [7, 11) is -9.91. The van der Waals surface area contributed by atoms with E-state index in [-0.39, 0.29) is 25.7 Å². The maximum absolute atomic E-state index is 13.1. The third-order valence-corrected chi connectivity index (χ3v) is 21.7. The van der Waals surface area contributed by atoms with Crippen molar-refractivity contribution in [2.45, 2.75) is 458 Å². The van der Waals surface area contributed by atoms with Gasteiger partial charge in [-0.15, -0.1) is 0 Å². The maximum atomic E-state index is 13.1. The van der Waals surface area contributed by atoms with E-state index in [1.165, 1.54) is 244 Å². The fraction of sp³-hybridized carbons (Fsp3) is 0.952. The topological polar surface area (TPSA) is 237 Å². The standard InChI is InChI=1S/C83H162O17P2/c1-7-10-12-14-16-17-18-19-20-21-22-23-24-25-29-32-35-38-41-48-54-60-66-81(86)94-72-79(99-82(87)67-61-55-49-42-39-36-33-30-27-26-28-31-34-37-40-47-52-58-64-76(6)9-3)74-98-102(91,92)96-70-77(84)69-95-101(89,90)97-73-78(71-93-80(85)65-59-53-45-15-13-11-8-2)100-83(88)68-62-56-50-44-43-46-51-57-63-75(4)5/h75-79,84H,7-74H2,1-6H3,(H,89,90)(H,91,92)/t76?,77-,78+,79+/m0/s1. The molecule has 102 heavy (non-hydrogen) atoms. The second-order valence-corrected chi connectivity index (χ2v) is 33.5. The van der Waals surface area contributed by atoms with E-state index in [2.05, 4.69) is 41.5 Å². The van der Waals surface area contributed by atoms with E-state index in [1.807, 2.05) is 0 Å². The van der Waals surface area contributed by atoms with Gasteiger partial charge in [0.1, 0.15) is 19.3 Å². The molecule has 606 valence electrons. The maximum Gasteiger partial charge on any atom is 0.472 e. The van der Waals surface area contributed by atoms with Gasteiger partial charge < -0.3 is 33.8 Å². The molecule has 0 heterocycles. The minimum absolute atomic E-state index is 0.104. The van der Waals surface area contributed by atoms with Crippen molar-refractivity contribution in [3.63, 3.8) is 0 Å². The molecule has 0 aliphatic rings. The second kappa shape index (κ2) is 74.5. The van der Waals surface area contributed by atoms with Gasteiger partial charge >= 0.3 is 39.5 Å². The van der Waals surface area contributed by atoms with Crippen molar-refractivity contribution in [2.24, 2.45) is 11.8 Å². The number of unbranched alkanes of at least 4 members (excludes halogenated alkanes) is 51. The monoisotopic (exact) mass is 1490 g/mol. The largest absolute Gasteiger partial charge is 0.472 e. The first-order valence-electron chi connectivity index (χ1n) is 43.0. The molecule has 0 saturated carbocycles. The first kappa shape index (κ1) is 100. The van der Waals surface area contributed by atoms with E-state index in [0.29, 0.717) is 25.7 Å². The summed E-state index contributed by atoms with van der Waals surface area (Å²) in [5, 5.41) is 10.6. The number of aliphatic hydroxyl groups is 1. The molecular weight excluding hydrogens is 1330 g/mol. The van der Waals surface area contributed by atoms with Crippen molar-refractivity contribution in [1.29, 1.82) is 0 Å². The smallest absolute Gasteiger partial charge is 0.462 e. The van der Waals surface area contributed by atoms with E-state index in [4.69, 9.17) is 37.0 Å². The van der Waals surface area contributed by atoms with Crippen molar-refractivity contribution >= 4 is 39.5 Å². The van der Waals surface area contributed by atoms with Gasteiger partial charge in [-0.05, 0) is 37.5 Å². The highest BCUT2D eigenvalue weighted by atomic mass is 31.2. The van der Waals surface area contributed by atoms with Gasteiger partial charge in [0.05, 0.1) is 26.4 Å². The molecule has 19 heteroatoms. The normalized spacial score (nSPS) is 14.1. The number of aliphatic hydroxyl groups excluding tert-OH is 1. The Morgan fingerprint density at radius 3 is 0.745 bits per heavy atom. The van der Waals surface area contributed by atoms with Crippen LogP contribution in [0.1, 0.15) is 440 Å². The number of phosphoric acid groups is 2. The molecular formula is C83H162O17P2. The Bertz CT molecular complexity index is 1960. The van der Waals surface area contributed by atoms with Crippen LogP contribution in [0.2, 0.25) is 0 Å². The van der Waals surface area contributed by atoms with Crippen LogP contribution >= 0.6 is 15.6 Å². The molecule has 0 aromatic heterocycles. The van der Waals surface area contributed by atoms with Gasteiger partial charge in [0.2, 0.25) is 0 Å². The first-order chi connectivity index (χ1) is 49.4. The zero-order valence-corrected chi connectivity index (χ0v) is 68.7. The van der Waals surface area contributed by atoms with Crippen LogP contribution < -0.4 is 0 Å². The predicted octanol–water partition coefficient (Wildman–Crippen LogP) is 25.1. The van der Waals surface area contributed by atoms with Crippen LogP contribution in [0.3, 0.4) is 0 Å². The van der Waals surface area contributed by atoms with Crippen molar-refractivity contribution < 1.29 is 80.2 Å². The SMILES string of the molecule is CCCCCCCCCCCCCCCCCCCCCCCCC(=O)OC[C@H](COP(=O)(O)OC[C@@H](O)COP(=O)(O)OC[C@@H](COC(=O)CCCCCCCCC)OC(=O)CCCCCCCCCCC(C)C)OC(=O)CCCCCCCCCCCCCCCCCCCCC(C)CC. The molecule has 3 unspecified atom stereocenters. The summed E-state index contributed by atoms with van der Waals surface area (Å²) in [5.74, 6) is -0.526. The van der Waals surface area contributed by atoms with Gasteiger partial charge in [0.15, 0.2) is 12.2 Å². The van der Waals surface area contributed by atoms with Gasteiger partial charge in [-0.2, -0.15) is 0 Å². The van der Waals surface area contributed by atoms with Crippen molar-refractivity contribution in [1.82, 2.24) is 0 Å². The lowest BCUT2D eigenvalue weighted by atomic mass is 9.99. The lowest BCUT2D eigenvalue weighted by Crippen LogP contribution is -2.30. The molecule has 3 N–H and O–H groups in total. The summed E-state index contributed by atoms with van der Waals surface area (Å²) < 4.78 is 68.6. The zero-order valence-electron chi connectivity index (χ0n) is 66.9. The van der Waals surface area contributed by atoms with Gasteiger partial charge in [0.25, 0.3) is 0 Å². The Labute approximate surface area is 626 Å². The molecule has 0 spiro atoms. The first-order valence-corrected chi connectivity index (χ1v) is 46.0. The number of esters is 4. The van der Waals surface area contributed by atoms with Crippen LogP contribution in [0, 0.1) is 11.8 Å². The highest BCUT2D eigenvalue weighted by molar-refractivity contribution is 7.47. The second-order valence-electron chi connectivity index (χ2n) is 30.6. The number of carbonyl (C=O) groups is 4. The minimum atomic E-state index is -4.96. The van der Waals surface area contributed by atoms with Crippen LogP contribution in [0.15, 0.2) is 0 Å². The third kappa shape index (κ3) is 74.9. The lowest BCUT2D eigenvalue weighted by Gasteiger charge is -2.21. The average Bonchev–Trinajstić information content (AvgIpc) is 0.913. The van der Waals surface area contributed by atoms with Crippen molar-refractivity contribution in [3.8, 4) is 0 Å². The fourth-order valence-electron chi connectivity index (χ4n) is 12.9. The van der Waals surface area contributed by atoms with Crippen LogP contribution in [0.25, 0.3) is 0 Å². The van der Waals surface area contributed by atoms with E-state index < -0.39 is 97.5 Å². The Hall–Kier alpha value is -1.94. The van der Waals surface area contributed by atoms with E-state index in [9.17, 15) is 43.2 Å². The minimum Gasteiger partial charge on any atom is -0.462 e. The average molecular weight is 1490 g/mol. The summed E-state index contributed by atoms with van der Waals surface area (Å²) in [6, 6.07) is 0. The summed E-state index contributed by atoms with van der Waals surface area (Å²) in [6.07, 6.45) is 65.7. The Morgan fingerprint density at radius 2 is 0.500 bits per heavy atom. The van der Waals surface area contributed by atoms with Gasteiger partial charge in [-0.3, -0.25) is 37.3 Å². The molecule has 17 nitrogen and oxygen atoms in total. The molecule has 0 aromatic carbocycles. The van der Waals surface area contributed by atoms with Crippen LogP contribution in [0.4, 0.5) is 0 Å². The molecule has 0 radical (unpaired) electrons. The summed E-state index contributed by atoms with van der Waals surface area (Å²) in [4.78, 5) is 72.8. The van der Waals surface area contributed by atoms with Gasteiger partial charge in [-0.1, -0.05) is 388 Å². The molecule has 0 fully saturated rings. The van der Waals surface area contributed by atoms with E-state index >= 15 is 0 Å². The number of ether oxygens (including phenoxy) is 4. The Balaban J connectivity index is 5.13. The van der Waals surface area contributed by atoms with Gasteiger partial charge in [-0.25, -0.2) is 9.13 Å². The number of rotatable bonds is 82. The number of phosphoric ester groups is 2. The summed E-state index contributed by atoms with van der Waals surface area (Å²) in [5.41, 5.74) is 0. The van der Waals surface area contributed by atoms with Crippen LogP contribution in [-0.2, 0) is 65.4 Å². The lowest BCUT2D eigenvalue weighted by molar-refractivity contribution is -0.161. The van der Waals surface area contributed by atoms with E-state index in [1.54, 1.807) is 0 Å². The molecule has 0 aliphatic carbocycles. The molecule has 0 rings (SSSR count). The van der Waals surface area contributed by atoms with Crippen LogP contribution in [-0.4, -0.2) is 96.7 Å². The highest BCUT2D eigenvalue weighted by Crippen LogP contribution is 2.45. The highest BCUT2D eigenvalue weighted by Gasteiger charge is 2.30. The molecule has 0 aliphatic heterocycles. The summed E-state index contributed by atoms with van der Waals surface area (Å²) in [6.45, 7) is 9.61. The Morgan fingerprint density at radius 1 is 0.284 bits per heavy atom. The zero-order chi connectivity index (χ0) is 74.9. The van der Waals surface area contributed by atoms with Crippen molar-refractivity contribution in [2.75, 3.05) is 39.6 Å². The number of hydrogen-bond donors (Lipinski definition) is 3. The van der Waals surface area contributed by atoms with Crippen LogP contribution in [0.5, 0.6) is 0 Å². The number of carbonyl (C=O) groups excluding carboxylic acids is 4. The third-order valence-electron chi connectivity index (χ3n) is 19.8. The molecule has 0 bridgehead atoms. The predicted molar refractivity (Wildman–Crippen MR) is 418 cm³/mol. The quantitative estimate of drug-likeness (QED) is 0.0222. The number of hydrogen-bond acceptors (Lipinski definition) is 15.